The Morgan fingerprint density at radius 1 is 1.26 bits per heavy atom. The zero-order chi connectivity index (χ0) is 22.0. The Kier molecular flexibility index (Phi) is 6.21. The molecule has 2 heterocycles. The molecule has 0 radical (unpaired) electrons. The quantitative estimate of drug-likeness (QED) is 0.202. The molecule has 0 amide bonds. The van der Waals surface area contributed by atoms with Crippen molar-refractivity contribution in [3.8, 4) is 11.5 Å². The van der Waals surface area contributed by atoms with E-state index in [1.165, 1.54) is 23.9 Å². The first-order valence-electron chi connectivity index (χ1n) is 9.36. The average Bonchev–Trinajstić information content (AvgIpc) is 3.37. The summed E-state index contributed by atoms with van der Waals surface area (Å²) in [6, 6.07) is 11.6. The predicted octanol–water partition coefficient (Wildman–Crippen LogP) is 5.15. The molecule has 0 bridgehead atoms. The summed E-state index contributed by atoms with van der Waals surface area (Å²) in [5.41, 5.74) is 2.38. The Morgan fingerprint density at radius 2 is 2.03 bits per heavy atom. The number of aromatic nitrogens is 4. The minimum atomic E-state index is -0.454. The third kappa shape index (κ3) is 4.55. The van der Waals surface area contributed by atoms with Crippen LogP contribution in [-0.4, -0.2) is 38.4 Å². The molecule has 9 nitrogen and oxygen atoms in total. The van der Waals surface area contributed by atoms with Crippen molar-refractivity contribution in [3.63, 3.8) is 0 Å². The van der Waals surface area contributed by atoms with Crippen LogP contribution >= 0.6 is 23.4 Å². The third-order valence-electron chi connectivity index (χ3n) is 4.59. The molecule has 2 aromatic heterocycles. The second-order valence-electron chi connectivity index (χ2n) is 6.68. The Morgan fingerprint density at radius 3 is 2.74 bits per heavy atom. The molecule has 0 saturated carbocycles. The van der Waals surface area contributed by atoms with Crippen molar-refractivity contribution in [1.29, 1.82) is 0 Å². The molecule has 0 spiro atoms. The molecule has 2 aromatic carbocycles. The van der Waals surface area contributed by atoms with Crippen LogP contribution in [0.15, 0.2) is 52.0 Å². The number of non-ortho nitro benzene ring substituents is 1. The molecule has 4 aromatic rings. The molecular weight excluding hydrogens is 442 g/mol. The van der Waals surface area contributed by atoms with Gasteiger partial charge >= 0.3 is 0 Å². The largest absolute Gasteiger partial charge is 0.419 e. The lowest BCUT2D eigenvalue weighted by molar-refractivity contribution is -0.384. The van der Waals surface area contributed by atoms with Crippen molar-refractivity contribution in [2.75, 3.05) is 13.7 Å². The molecule has 4 rings (SSSR count). The van der Waals surface area contributed by atoms with E-state index in [0.717, 1.165) is 16.2 Å². The highest BCUT2D eigenvalue weighted by Crippen LogP contribution is 2.36. The first-order valence-corrected chi connectivity index (χ1v) is 10.6. The maximum atomic E-state index is 10.8. The zero-order valence-electron chi connectivity index (χ0n) is 16.7. The normalized spacial score (nSPS) is 12.4. The van der Waals surface area contributed by atoms with Crippen molar-refractivity contribution >= 4 is 40.1 Å². The Hall–Kier alpha value is -2.95. The van der Waals surface area contributed by atoms with Gasteiger partial charge in [0.15, 0.2) is 5.16 Å². The molecular formula is C20H18ClN5O4S. The van der Waals surface area contributed by atoms with Crippen molar-refractivity contribution in [1.82, 2.24) is 19.7 Å². The molecule has 0 aliphatic rings. The SMILES string of the molecule is COCCn1c(SC(C)c2nnc(-c3ccc([N+](=O)[O-])cc3)o2)nc2cc(Cl)ccc21. The van der Waals surface area contributed by atoms with Gasteiger partial charge in [0.1, 0.15) is 0 Å². The van der Waals surface area contributed by atoms with Gasteiger partial charge in [-0.3, -0.25) is 10.1 Å². The molecule has 0 N–H and O–H groups in total. The van der Waals surface area contributed by atoms with E-state index in [1.54, 1.807) is 19.2 Å². The molecule has 1 atom stereocenters. The van der Waals surface area contributed by atoms with Crippen LogP contribution in [-0.2, 0) is 11.3 Å². The maximum Gasteiger partial charge on any atom is 0.269 e. The van der Waals surface area contributed by atoms with Crippen LogP contribution < -0.4 is 0 Å². The first-order chi connectivity index (χ1) is 15.0. The van der Waals surface area contributed by atoms with Gasteiger partial charge in [0.2, 0.25) is 11.8 Å². The Bertz CT molecular complexity index is 1220. The van der Waals surface area contributed by atoms with E-state index in [2.05, 4.69) is 14.8 Å². The minimum Gasteiger partial charge on any atom is -0.419 e. The van der Waals surface area contributed by atoms with Gasteiger partial charge < -0.3 is 13.7 Å². The number of nitrogens with zero attached hydrogens (tertiary/aromatic N) is 5. The number of thioether (sulfide) groups is 1. The van der Waals surface area contributed by atoms with Gasteiger partial charge in [-0.15, -0.1) is 10.2 Å². The summed E-state index contributed by atoms with van der Waals surface area (Å²) in [6.45, 7) is 3.13. The zero-order valence-corrected chi connectivity index (χ0v) is 18.3. The summed E-state index contributed by atoms with van der Waals surface area (Å²) in [6.07, 6.45) is 0. The molecule has 31 heavy (non-hydrogen) atoms. The van der Waals surface area contributed by atoms with Gasteiger partial charge in [0, 0.05) is 36.4 Å². The van der Waals surface area contributed by atoms with Gasteiger partial charge in [-0.2, -0.15) is 0 Å². The number of nitro benzene ring substituents is 1. The number of halogens is 1. The van der Waals surface area contributed by atoms with E-state index >= 15 is 0 Å². The number of imidazole rings is 1. The number of methoxy groups -OCH3 is 1. The first kappa shape index (κ1) is 21.3. The van der Waals surface area contributed by atoms with Crippen LogP contribution in [0.1, 0.15) is 18.1 Å². The Labute approximate surface area is 186 Å². The van der Waals surface area contributed by atoms with Crippen LogP contribution in [0.4, 0.5) is 5.69 Å². The topological polar surface area (TPSA) is 109 Å². The number of rotatable bonds is 8. The fraction of sp³-hybridized carbons (Fsp3) is 0.250. The molecule has 160 valence electrons. The maximum absolute atomic E-state index is 10.8. The van der Waals surface area contributed by atoms with Gasteiger partial charge in [-0.1, -0.05) is 23.4 Å². The van der Waals surface area contributed by atoms with Crippen LogP contribution in [0.5, 0.6) is 0 Å². The van der Waals surface area contributed by atoms with E-state index in [9.17, 15) is 10.1 Å². The van der Waals surface area contributed by atoms with Crippen LogP contribution in [0.3, 0.4) is 0 Å². The summed E-state index contributed by atoms with van der Waals surface area (Å²) in [4.78, 5) is 15.1. The molecule has 0 aliphatic heterocycles. The lowest BCUT2D eigenvalue weighted by Crippen LogP contribution is -2.06. The molecule has 0 fully saturated rings. The summed E-state index contributed by atoms with van der Waals surface area (Å²) < 4.78 is 13.1. The molecule has 0 aliphatic carbocycles. The van der Waals surface area contributed by atoms with Crippen LogP contribution in [0.25, 0.3) is 22.5 Å². The minimum absolute atomic E-state index is 0.00229. The number of hydrogen-bond acceptors (Lipinski definition) is 8. The van der Waals surface area contributed by atoms with Crippen molar-refractivity contribution < 1.29 is 14.1 Å². The van der Waals surface area contributed by atoms with E-state index in [1.807, 2.05) is 25.1 Å². The number of nitro groups is 1. The van der Waals surface area contributed by atoms with Crippen molar-refractivity contribution in [3.05, 3.63) is 63.5 Å². The molecule has 1 unspecified atom stereocenters. The van der Waals surface area contributed by atoms with Crippen LogP contribution in [0, 0.1) is 10.1 Å². The van der Waals surface area contributed by atoms with Gasteiger partial charge in [0.05, 0.1) is 27.8 Å². The average molecular weight is 460 g/mol. The van der Waals surface area contributed by atoms with Crippen molar-refractivity contribution in [2.24, 2.45) is 0 Å². The number of benzene rings is 2. The van der Waals surface area contributed by atoms with Gasteiger partial charge in [0.25, 0.3) is 5.69 Å². The lowest BCUT2D eigenvalue weighted by atomic mass is 10.2. The second kappa shape index (κ2) is 9.04. The fourth-order valence-electron chi connectivity index (χ4n) is 3.02. The summed E-state index contributed by atoms with van der Waals surface area (Å²) in [5.74, 6) is 0.735. The highest BCUT2D eigenvalue weighted by atomic mass is 35.5. The second-order valence-corrected chi connectivity index (χ2v) is 8.43. The predicted molar refractivity (Wildman–Crippen MR) is 117 cm³/mol. The lowest BCUT2D eigenvalue weighted by Gasteiger charge is -2.10. The molecule has 0 saturated heterocycles. The number of ether oxygens (including phenoxy) is 1. The van der Waals surface area contributed by atoms with Crippen LogP contribution in [0.2, 0.25) is 5.02 Å². The summed E-state index contributed by atoms with van der Waals surface area (Å²) >= 11 is 7.61. The Balaban J connectivity index is 1.58. The summed E-state index contributed by atoms with van der Waals surface area (Å²) in [7, 11) is 1.66. The number of hydrogen-bond donors (Lipinski definition) is 0. The van der Waals surface area contributed by atoms with Gasteiger partial charge in [-0.25, -0.2) is 4.98 Å². The highest BCUT2D eigenvalue weighted by Gasteiger charge is 2.21. The third-order valence-corrected chi connectivity index (χ3v) is 5.90. The fourth-order valence-corrected chi connectivity index (χ4v) is 4.17. The highest BCUT2D eigenvalue weighted by molar-refractivity contribution is 7.99. The van der Waals surface area contributed by atoms with Crippen molar-refractivity contribution in [2.45, 2.75) is 23.9 Å². The smallest absolute Gasteiger partial charge is 0.269 e. The molecule has 11 heteroatoms. The van der Waals surface area contributed by atoms with E-state index in [-0.39, 0.29) is 10.9 Å². The van der Waals surface area contributed by atoms with E-state index < -0.39 is 4.92 Å². The van der Waals surface area contributed by atoms with E-state index in [4.69, 9.17) is 25.7 Å². The summed E-state index contributed by atoms with van der Waals surface area (Å²) in [5, 5.41) is 20.3. The monoisotopic (exact) mass is 459 g/mol. The van der Waals surface area contributed by atoms with E-state index in [0.29, 0.717) is 35.5 Å². The van der Waals surface area contributed by atoms with Gasteiger partial charge in [-0.05, 0) is 37.3 Å². The standard InChI is InChI=1S/C20H18ClN5O4S/c1-12(18-23-24-19(30-18)13-3-6-15(7-4-13)26(27)28)31-20-22-16-11-14(21)5-8-17(16)25(20)9-10-29-2/h3-8,11-12H,9-10H2,1-2H3. The number of fused-ring (bicyclic) bond motifs is 1.